The maximum Gasteiger partial charge on any atom is 0.410 e. The maximum atomic E-state index is 13.6. The number of hydrogen-bond donors (Lipinski definition) is 13. The van der Waals surface area contributed by atoms with Crippen LogP contribution in [-0.2, 0) is 66.5 Å². The number of rotatable bonds is 41. The molecule has 2 rings (SSSR count). The summed E-state index contributed by atoms with van der Waals surface area (Å²) >= 11 is 0. The number of nitrogens with two attached hydrogens (primary N) is 2. The van der Waals surface area contributed by atoms with Gasteiger partial charge in [-0.05, 0) is 32.4 Å². The number of nitrogens with zero attached hydrogens (tertiary/aromatic N) is 3. The Hall–Kier alpha value is -6.36. The Labute approximate surface area is 470 Å². The highest BCUT2D eigenvalue weighted by molar-refractivity contribution is 5.86. The van der Waals surface area contributed by atoms with Gasteiger partial charge in [-0.1, -0.05) is 13.8 Å². The van der Waals surface area contributed by atoms with Crippen molar-refractivity contribution in [3.63, 3.8) is 0 Å². The largest absolute Gasteiger partial charge is 0.479 e. The molecule has 2 aliphatic rings. The smallest absolute Gasteiger partial charge is 0.410 e. The Balaban J connectivity index is 2.11. The van der Waals surface area contributed by atoms with E-state index in [-0.39, 0.29) is 97.8 Å². The second-order valence-corrected chi connectivity index (χ2v) is 18.3. The van der Waals surface area contributed by atoms with Gasteiger partial charge in [0.1, 0.15) is 18.3 Å². The van der Waals surface area contributed by atoms with Crippen LogP contribution < -0.4 is 27.4 Å². The van der Waals surface area contributed by atoms with Crippen molar-refractivity contribution in [2.75, 3.05) is 132 Å². The molecular weight excluding hydrogens is 1080 g/mol. The minimum Gasteiger partial charge on any atom is -0.479 e. The summed E-state index contributed by atoms with van der Waals surface area (Å²) in [6.07, 6.45) is -8.73. The third-order valence-corrected chi connectivity index (χ3v) is 12.3. The van der Waals surface area contributed by atoms with E-state index in [4.69, 9.17) is 69.7 Å². The zero-order chi connectivity index (χ0) is 60.4. The topological polar surface area (TPSA) is 462 Å². The Kier molecular flexibility index (Phi) is 34.2. The highest BCUT2D eigenvalue weighted by atomic mass is 16.6. The van der Waals surface area contributed by atoms with Crippen molar-refractivity contribution in [2.24, 2.45) is 17.4 Å². The summed E-state index contributed by atoms with van der Waals surface area (Å²) in [5, 5.41) is 83.9. The molecule has 0 aliphatic carbocycles. The van der Waals surface area contributed by atoms with E-state index in [1.54, 1.807) is 20.8 Å². The number of carbonyl (C=O) groups excluding carboxylic acids is 4. The summed E-state index contributed by atoms with van der Waals surface area (Å²) in [5.74, 6) is -7.05. The zero-order valence-electron chi connectivity index (χ0n) is 46.7. The van der Waals surface area contributed by atoms with Crippen LogP contribution in [0.4, 0.5) is 9.59 Å². The van der Waals surface area contributed by atoms with Crippen LogP contribution >= 0.6 is 0 Å². The first-order chi connectivity index (χ1) is 38.6. The van der Waals surface area contributed by atoms with E-state index in [1.807, 2.05) is 6.92 Å². The molecule has 0 saturated carbocycles. The average Bonchev–Trinajstić information content (AvgIpc) is 3.43. The number of aliphatic hydroxyl groups excluding tert-OH is 4. The molecule has 464 valence electrons. The summed E-state index contributed by atoms with van der Waals surface area (Å²) in [5.41, 5.74) is 11.0. The van der Waals surface area contributed by atoms with Crippen molar-refractivity contribution in [3.05, 3.63) is 23.7 Å². The van der Waals surface area contributed by atoms with E-state index in [1.165, 1.54) is 20.8 Å². The first kappa shape index (κ1) is 70.7. The van der Waals surface area contributed by atoms with Crippen LogP contribution in [0.15, 0.2) is 23.7 Å². The molecule has 0 bridgehead atoms. The van der Waals surface area contributed by atoms with Crippen molar-refractivity contribution in [1.82, 2.24) is 30.7 Å². The van der Waals surface area contributed by atoms with Gasteiger partial charge >= 0.3 is 24.1 Å². The van der Waals surface area contributed by atoms with Crippen LogP contribution in [0, 0.1) is 16.7 Å². The Morgan fingerprint density at radius 2 is 0.975 bits per heavy atom. The van der Waals surface area contributed by atoms with Crippen LogP contribution in [0.1, 0.15) is 47.5 Å². The minimum atomic E-state index is -1.85. The predicted octanol–water partition coefficient (Wildman–Crippen LogP) is -3.35. The van der Waals surface area contributed by atoms with Gasteiger partial charge in [0.15, 0.2) is 30.2 Å². The molecule has 0 radical (unpaired) electrons. The molecule has 32 nitrogen and oxygen atoms in total. The Bertz CT molecular complexity index is 2030. The van der Waals surface area contributed by atoms with Crippen molar-refractivity contribution >= 4 is 47.9 Å². The van der Waals surface area contributed by atoms with E-state index in [0.717, 1.165) is 19.4 Å². The third kappa shape index (κ3) is 26.0. The number of aliphatic carboxylic acids is 2. The molecule has 4 amide bonds. The molecule has 32 heteroatoms. The number of amides is 4. The van der Waals surface area contributed by atoms with Crippen LogP contribution in [0.2, 0.25) is 0 Å². The number of aliphatic hydroxyl groups is 4. The van der Waals surface area contributed by atoms with Gasteiger partial charge in [-0.3, -0.25) is 20.4 Å². The fourth-order valence-electron chi connectivity index (χ4n) is 8.06. The van der Waals surface area contributed by atoms with Gasteiger partial charge in [0.25, 0.3) is 0 Å². The third-order valence-electron chi connectivity index (χ3n) is 12.3. The van der Waals surface area contributed by atoms with Gasteiger partial charge in [-0.2, -0.15) is 0 Å². The summed E-state index contributed by atoms with van der Waals surface area (Å²) in [4.78, 5) is 80.7. The van der Waals surface area contributed by atoms with Gasteiger partial charge < -0.3 is 120 Å². The van der Waals surface area contributed by atoms with Gasteiger partial charge in [0.05, 0.1) is 110 Å². The van der Waals surface area contributed by atoms with E-state index in [0.29, 0.717) is 33.0 Å². The van der Waals surface area contributed by atoms with Crippen molar-refractivity contribution in [2.45, 2.75) is 102 Å². The zero-order valence-corrected chi connectivity index (χ0v) is 46.7. The monoisotopic (exact) mass is 1170 g/mol. The van der Waals surface area contributed by atoms with Gasteiger partial charge in [-0.25, -0.2) is 19.2 Å². The fourth-order valence-corrected chi connectivity index (χ4v) is 8.06. The van der Waals surface area contributed by atoms with Crippen molar-refractivity contribution < 1.29 is 107 Å². The Morgan fingerprint density at radius 3 is 1.38 bits per heavy atom. The number of carbonyl (C=O) groups is 6. The SMILES string of the molecule is CCCOCCOCCOCCOCCC(=O)N(CCOCCN(CC)C(=O)O[C@@H]([C@@H]1OC(C(=O)O)=C[C@H](NC(=N)N)[C@H]1C)[C@H](O)CO)CCOCCN(CC)C(=O)O[C@@H]([C@@H]1OC(C(=O)O)=C[C@H](NC(=N)N)[C@H]1NC(C)=O)[C@H](O)CO. The summed E-state index contributed by atoms with van der Waals surface area (Å²) in [6, 6.07) is -3.36. The highest BCUT2D eigenvalue weighted by Gasteiger charge is 2.47. The first-order valence-electron chi connectivity index (χ1n) is 26.6. The quantitative estimate of drug-likeness (QED) is 0.0162. The van der Waals surface area contributed by atoms with Crippen LogP contribution in [-0.4, -0.2) is 280 Å². The second kappa shape index (κ2) is 39.1. The molecule has 2 heterocycles. The number of nitrogens with one attached hydrogen (secondary N) is 5. The molecule has 0 aromatic carbocycles. The number of ether oxygens (including phenoxy) is 10. The second-order valence-electron chi connectivity index (χ2n) is 18.3. The lowest BCUT2D eigenvalue weighted by Gasteiger charge is -2.41. The molecule has 0 saturated heterocycles. The summed E-state index contributed by atoms with van der Waals surface area (Å²) in [6.45, 7) is 8.83. The van der Waals surface area contributed by atoms with E-state index < -0.39 is 127 Å². The summed E-state index contributed by atoms with van der Waals surface area (Å²) in [7, 11) is 0. The Morgan fingerprint density at radius 1 is 0.593 bits per heavy atom. The van der Waals surface area contributed by atoms with Gasteiger partial charge in [0, 0.05) is 58.7 Å². The lowest BCUT2D eigenvalue weighted by atomic mass is 9.87. The number of hydrogen-bond acceptors (Lipinski definition) is 22. The average molecular weight is 1170 g/mol. The number of likely N-dealkylation sites (N-methyl/N-ethyl adjacent to an activating group) is 2. The molecule has 81 heavy (non-hydrogen) atoms. The molecule has 0 aromatic heterocycles. The lowest BCUT2D eigenvalue weighted by Crippen LogP contribution is -2.65. The van der Waals surface area contributed by atoms with Crippen molar-refractivity contribution in [1.29, 1.82) is 10.8 Å². The molecule has 0 spiro atoms. The van der Waals surface area contributed by atoms with Crippen LogP contribution in [0.5, 0.6) is 0 Å². The van der Waals surface area contributed by atoms with E-state index in [9.17, 15) is 59.4 Å². The number of guanidine groups is 2. The molecule has 0 aromatic rings. The van der Waals surface area contributed by atoms with E-state index in [2.05, 4.69) is 16.0 Å². The van der Waals surface area contributed by atoms with Crippen LogP contribution in [0.25, 0.3) is 0 Å². The lowest BCUT2D eigenvalue weighted by molar-refractivity contribution is -0.148. The van der Waals surface area contributed by atoms with Crippen LogP contribution in [0.3, 0.4) is 0 Å². The molecule has 0 fully saturated rings. The maximum absolute atomic E-state index is 13.6. The molecule has 0 unspecified atom stereocenters. The van der Waals surface area contributed by atoms with Gasteiger partial charge in [0.2, 0.25) is 23.3 Å². The number of carboxylic acid groups (broad SMARTS) is 2. The number of carboxylic acids is 2. The molecule has 2 aliphatic heterocycles. The summed E-state index contributed by atoms with van der Waals surface area (Å²) < 4.78 is 56.1. The molecule has 10 atom stereocenters. The minimum absolute atomic E-state index is 0.0208. The van der Waals surface area contributed by atoms with Crippen molar-refractivity contribution in [3.8, 4) is 0 Å². The normalized spacial score (nSPS) is 20.1. The molecular formula is C49H86N10O22. The highest BCUT2D eigenvalue weighted by Crippen LogP contribution is 2.30. The fraction of sp³-hybridized carbons (Fsp3) is 0.755. The molecule has 15 N–H and O–H groups in total. The first-order valence-corrected chi connectivity index (χ1v) is 26.6. The van der Waals surface area contributed by atoms with Gasteiger partial charge in [-0.15, -0.1) is 0 Å². The van der Waals surface area contributed by atoms with E-state index >= 15 is 0 Å². The predicted molar refractivity (Wildman–Crippen MR) is 283 cm³/mol. The standard InChI is InChI=1S/C49H86N10O22/c1-6-14-72-20-22-76-24-25-77-23-21-73-15-9-38(65)59(12-18-74-16-10-57(7-2)48(70)80-41(34(63)28-60)40-30(4)32(55-46(50)51)26-36(78-40)44(66)67)13-19-75-17-11-58(8-3)49(71)81-42(35(64)29-61)43-39(54-31(5)62)33(56-47(52)53)27-37(79-43)45(68)69/h26-27,30,32-35,39-43,60-61,63-64H,6-25,28-29H2,1-5H3,(H,54,62)(H,66,67)(H,68,69)(H4,50,51,55)(H4,52,53,56)/t30-,32+,33+,34-,35-,39-,40-,41-,42-,43-/m1/s1.